The van der Waals surface area contributed by atoms with Crippen LogP contribution in [0.4, 0.5) is 4.79 Å². The van der Waals surface area contributed by atoms with Crippen molar-refractivity contribution in [1.29, 1.82) is 0 Å². The molecule has 4 nitrogen and oxygen atoms in total. The molecule has 2 unspecified atom stereocenters. The highest BCUT2D eigenvalue weighted by atomic mass is 16.4. The molecule has 0 spiro atoms. The van der Waals surface area contributed by atoms with E-state index in [9.17, 15) is 4.79 Å². The van der Waals surface area contributed by atoms with Gasteiger partial charge in [0, 0.05) is 6.54 Å². The van der Waals surface area contributed by atoms with Crippen LogP contribution in [-0.4, -0.2) is 24.3 Å². The number of carboxylic acid groups (broad SMARTS) is 1. The second-order valence-corrected chi connectivity index (χ2v) is 3.82. The maximum absolute atomic E-state index is 10.3. The average Bonchev–Trinajstić information content (AvgIpc) is 2.15. The zero-order valence-electron chi connectivity index (χ0n) is 7.83. The number of nitrogens with one attached hydrogen (secondary N) is 1. The van der Waals surface area contributed by atoms with Crippen molar-refractivity contribution in [3.8, 4) is 0 Å². The van der Waals surface area contributed by atoms with Crippen LogP contribution in [0.25, 0.3) is 0 Å². The summed E-state index contributed by atoms with van der Waals surface area (Å²) < 4.78 is 0. The van der Waals surface area contributed by atoms with Crippen LogP contribution in [0.15, 0.2) is 0 Å². The topological polar surface area (TPSA) is 75.3 Å². The van der Waals surface area contributed by atoms with E-state index in [1.807, 2.05) is 0 Å². The third-order valence-corrected chi connectivity index (χ3v) is 2.77. The van der Waals surface area contributed by atoms with E-state index >= 15 is 0 Å². The summed E-state index contributed by atoms with van der Waals surface area (Å²) in [6.07, 6.45) is 3.69. The van der Waals surface area contributed by atoms with Crippen LogP contribution in [0.3, 0.4) is 0 Å². The summed E-state index contributed by atoms with van der Waals surface area (Å²) in [5.41, 5.74) is 5.58. The number of carbonyl (C=O) groups is 1. The van der Waals surface area contributed by atoms with Gasteiger partial charge in [0.15, 0.2) is 0 Å². The van der Waals surface area contributed by atoms with Gasteiger partial charge in [0.25, 0.3) is 0 Å². The molecule has 1 amide bonds. The van der Waals surface area contributed by atoms with Crippen LogP contribution >= 0.6 is 0 Å². The molecule has 0 saturated heterocycles. The normalized spacial score (nSPS) is 28.4. The summed E-state index contributed by atoms with van der Waals surface area (Å²) in [5.74, 6) is 1.10. The quantitative estimate of drug-likeness (QED) is 0.616. The van der Waals surface area contributed by atoms with Gasteiger partial charge in [-0.25, -0.2) is 4.79 Å². The van der Waals surface area contributed by atoms with Gasteiger partial charge < -0.3 is 16.2 Å². The minimum Gasteiger partial charge on any atom is -0.465 e. The van der Waals surface area contributed by atoms with Gasteiger partial charge in [-0.05, 0) is 37.6 Å². The lowest BCUT2D eigenvalue weighted by atomic mass is 9.81. The van der Waals surface area contributed by atoms with Crippen molar-refractivity contribution in [3.63, 3.8) is 0 Å². The highest BCUT2D eigenvalue weighted by Crippen LogP contribution is 2.27. The van der Waals surface area contributed by atoms with E-state index in [4.69, 9.17) is 10.8 Å². The summed E-state index contributed by atoms with van der Waals surface area (Å²) in [7, 11) is 0. The fraction of sp³-hybridized carbons (Fsp3) is 0.889. The zero-order valence-corrected chi connectivity index (χ0v) is 7.83. The van der Waals surface area contributed by atoms with Gasteiger partial charge >= 0.3 is 6.09 Å². The van der Waals surface area contributed by atoms with Gasteiger partial charge in [-0.15, -0.1) is 0 Å². The van der Waals surface area contributed by atoms with Crippen molar-refractivity contribution in [2.24, 2.45) is 17.6 Å². The van der Waals surface area contributed by atoms with E-state index in [1.54, 1.807) is 0 Å². The van der Waals surface area contributed by atoms with Crippen molar-refractivity contribution in [1.82, 2.24) is 5.32 Å². The van der Waals surface area contributed by atoms with Crippen LogP contribution in [-0.2, 0) is 0 Å². The first kappa shape index (κ1) is 10.3. The zero-order chi connectivity index (χ0) is 9.68. The largest absolute Gasteiger partial charge is 0.465 e. The fourth-order valence-electron chi connectivity index (χ4n) is 2.03. The Labute approximate surface area is 78.5 Å². The van der Waals surface area contributed by atoms with Gasteiger partial charge in [-0.3, -0.25) is 0 Å². The molecule has 1 fully saturated rings. The molecule has 1 saturated carbocycles. The van der Waals surface area contributed by atoms with E-state index < -0.39 is 6.09 Å². The lowest BCUT2D eigenvalue weighted by Crippen LogP contribution is -2.32. The number of amides is 1. The summed E-state index contributed by atoms with van der Waals surface area (Å²) in [6, 6.07) is 0. The monoisotopic (exact) mass is 186 g/mol. The Balaban J connectivity index is 2.21. The molecule has 0 aliphatic heterocycles. The maximum atomic E-state index is 10.3. The highest BCUT2D eigenvalue weighted by Gasteiger charge is 2.20. The molecule has 76 valence electrons. The van der Waals surface area contributed by atoms with Gasteiger partial charge in [0.2, 0.25) is 0 Å². The Bertz CT molecular complexity index is 173. The predicted molar refractivity (Wildman–Crippen MR) is 50.5 cm³/mol. The van der Waals surface area contributed by atoms with E-state index in [2.05, 4.69) is 5.32 Å². The van der Waals surface area contributed by atoms with Crippen molar-refractivity contribution in [2.45, 2.75) is 25.7 Å². The fourth-order valence-corrected chi connectivity index (χ4v) is 2.03. The molecule has 1 aliphatic rings. The van der Waals surface area contributed by atoms with Crippen LogP contribution in [0.5, 0.6) is 0 Å². The van der Waals surface area contributed by atoms with Crippen molar-refractivity contribution < 1.29 is 9.90 Å². The molecule has 0 aromatic carbocycles. The SMILES string of the molecule is NCC1CCCC(CNC(=O)O)C1. The molecule has 0 bridgehead atoms. The number of hydrogen-bond donors (Lipinski definition) is 3. The molecule has 0 aromatic rings. The molecule has 4 N–H and O–H groups in total. The van der Waals surface area contributed by atoms with E-state index in [-0.39, 0.29) is 0 Å². The Morgan fingerprint density at radius 3 is 2.77 bits per heavy atom. The summed E-state index contributed by atoms with van der Waals surface area (Å²) >= 11 is 0. The molecular weight excluding hydrogens is 168 g/mol. The molecule has 4 heteroatoms. The van der Waals surface area contributed by atoms with Gasteiger partial charge in [0.1, 0.15) is 0 Å². The average molecular weight is 186 g/mol. The molecule has 13 heavy (non-hydrogen) atoms. The van der Waals surface area contributed by atoms with E-state index in [0.717, 1.165) is 19.4 Å². The summed E-state index contributed by atoms with van der Waals surface area (Å²) in [6.45, 7) is 1.33. The minimum atomic E-state index is -0.921. The number of nitrogens with two attached hydrogens (primary N) is 1. The number of rotatable bonds is 3. The van der Waals surface area contributed by atoms with Crippen LogP contribution in [0.2, 0.25) is 0 Å². The summed E-state index contributed by atoms with van der Waals surface area (Å²) in [4.78, 5) is 10.3. The van der Waals surface area contributed by atoms with Crippen molar-refractivity contribution in [2.75, 3.05) is 13.1 Å². The Morgan fingerprint density at radius 2 is 2.15 bits per heavy atom. The molecule has 0 radical (unpaired) electrons. The van der Waals surface area contributed by atoms with Gasteiger partial charge in [-0.2, -0.15) is 0 Å². The predicted octanol–water partition coefficient (Wildman–Crippen LogP) is 1.02. The minimum absolute atomic E-state index is 0.499. The smallest absolute Gasteiger partial charge is 0.404 e. The number of hydrogen-bond acceptors (Lipinski definition) is 2. The first-order valence-corrected chi connectivity index (χ1v) is 4.89. The first-order chi connectivity index (χ1) is 6.22. The van der Waals surface area contributed by atoms with E-state index in [1.165, 1.54) is 12.8 Å². The standard InChI is InChI=1S/C9H18N2O2/c10-5-7-2-1-3-8(4-7)6-11-9(12)13/h7-8,11H,1-6,10H2,(H,12,13). The maximum Gasteiger partial charge on any atom is 0.404 e. The van der Waals surface area contributed by atoms with Gasteiger partial charge in [0.05, 0.1) is 0 Å². The molecule has 1 rings (SSSR count). The first-order valence-electron chi connectivity index (χ1n) is 4.89. The summed E-state index contributed by atoms with van der Waals surface area (Å²) in [5, 5.41) is 10.9. The molecule has 1 aliphatic carbocycles. The van der Waals surface area contributed by atoms with Crippen LogP contribution in [0.1, 0.15) is 25.7 Å². The molecule has 0 aromatic heterocycles. The Hall–Kier alpha value is -0.770. The third-order valence-electron chi connectivity index (χ3n) is 2.77. The second kappa shape index (κ2) is 5.07. The Kier molecular flexibility index (Phi) is 4.02. The lowest BCUT2D eigenvalue weighted by Gasteiger charge is -2.27. The second-order valence-electron chi connectivity index (χ2n) is 3.82. The van der Waals surface area contributed by atoms with Crippen molar-refractivity contribution in [3.05, 3.63) is 0 Å². The molecule has 2 atom stereocenters. The lowest BCUT2D eigenvalue weighted by molar-refractivity contribution is 0.187. The Morgan fingerprint density at radius 1 is 1.46 bits per heavy atom. The highest BCUT2D eigenvalue weighted by molar-refractivity contribution is 5.64. The third kappa shape index (κ3) is 3.63. The van der Waals surface area contributed by atoms with Crippen molar-refractivity contribution >= 4 is 6.09 Å². The van der Waals surface area contributed by atoms with Gasteiger partial charge in [-0.1, -0.05) is 6.42 Å². The molecule has 0 heterocycles. The van der Waals surface area contributed by atoms with Crippen LogP contribution < -0.4 is 11.1 Å². The van der Waals surface area contributed by atoms with E-state index in [0.29, 0.717) is 18.4 Å². The van der Waals surface area contributed by atoms with Crippen LogP contribution in [0, 0.1) is 11.8 Å². The molecular formula is C9H18N2O2.